The lowest BCUT2D eigenvalue weighted by atomic mass is 9.33. The van der Waals surface area contributed by atoms with Gasteiger partial charge in [0.15, 0.2) is 17.5 Å². The van der Waals surface area contributed by atoms with Crippen LogP contribution in [0, 0.1) is 41.5 Å². The molecule has 0 bridgehead atoms. The average molecular weight is 1510 g/mol. The molecule has 0 saturated heterocycles. The lowest BCUT2D eigenvalue weighted by Crippen LogP contribution is -2.61. The zero-order valence-electron chi connectivity index (χ0n) is 66.4. The number of anilines is 18. The second-order valence-corrected chi connectivity index (χ2v) is 31.9. The number of ether oxygens (including phenoxy) is 3. The number of aryl methyl sites for hydroxylation is 6. The minimum absolute atomic E-state index is 0.199. The molecule has 16 aromatic rings. The maximum Gasteiger partial charge on any atom is 0.252 e. The van der Waals surface area contributed by atoms with Crippen LogP contribution in [0.2, 0.25) is 0 Å². The molecule has 7 heterocycles. The second kappa shape index (κ2) is 26.9. The SMILES string of the molecule is COc1ccc(N2c3ccc(-c4nc(-c5ccc6c(c5)B5c7cc(C)ccc7N(c7ccc(C)cc7)c7cccc(c75)N6c5ccc(OC)cc5)nc(-c5ccc6c(c5)B5c7cc(C)ccc7N(c7ccc(C)cc7)c7cccc(c75)N6c5ccc(OC)cc5)n4)cc3B3c4cc(C)ccc4N(c4ccc(C)cc4)c4cccc2c43)cc1. The lowest BCUT2D eigenvalue weighted by molar-refractivity contribution is 0.414. The molecule has 0 radical (unpaired) electrons. The van der Waals surface area contributed by atoms with Crippen molar-refractivity contribution >= 4 is 172 Å². The van der Waals surface area contributed by atoms with Gasteiger partial charge in [0.1, 0.15) is 17.2 Å². The van der Waals surface area contributed by atoms with Crippen LogP contribution in [-0.4, -0.2) is 56.4 Å². The molecule has 0 N–H and O–H groups in total. The summed E-state index contributed by atoms with van der Waals surface area (Å²) in [5.41, 5.74) is 40.0. The van der Waals surface area contributed by atoms with E-state index < -0.39 is 0 Å². The van der Waals surface area contributed by atoms with Crippen molar-refractivity contribution in [1.82, 2.24) is 15.0 Å². The maximum atomic E-state index is 5.88. The summed E-state index contributed by atoms with van der Waals surface area (Å²) in [6.07, 6.45) is 0. The van der Waals surface area contributed by atoms with Crippen LogP contribution in [0.15, 0.2) is 309 Å². The number of methoxy groups -OCH3 is 3. The molecule has 0 spiro atoms. The van der Waals surface area contributed by atoms with E-state index in [9.17, 15) is 0 Å². The maximum absolute atomic E-state index is 5.88. The van der Waals surface area contributed by atoms with E-state index in [2.05, 4.69) is 380 Å². The van der Waals surface area contributed by atoms with Gasteiger partial charge in [-0.3, -0.25) is 0 Å². The summed E-state index contributed by atoms with van der Waals surface area (Å²) < 4.78 is 17.5. The Morgan fingerprint density at radius 2 is 0.402 bits per heavy atom. The highest BCUT2D eigenvalue weighted by atomic mass is 16.5. The predicted octanol–water partition coefficient (Wildman–Crippen LogP) is 19.0. The molecule has 22 rings (SSSR count). The first-order valence-corrected chi connectivity index (χ1v) is 40.1. The van der Waals surface area contributed by atoms with Crippen LogP contribution < -0.4 is 92.8 Å². The molecule has 0 amide bonds. The zero-order valence-corrected chi connectivity index (χ0v) is 66.4. The van der Waals surface area contributed by atoms with Gasteiger partial charge < -0.3 is 43.6 Å². The monoisotopic (exact) mass is 1510 g/mol. The Labute approximate surface area is 683 Å². The summed E-state index contributed by atoms with van der Waals surface area (Å²) in [5, 5.41) is 0. The Kier molecular flexibility index (Phi) is 16.0. The van der Waals surface area contributed by atoms with Gasteiger partial charge in [0.05, 0.1) is 21.3 Å². The average Bonchev–Trinajstić information content (AvgIpc) is 0.708. The van der Waals surface area contributed by atoms with E-state index >= 15 is 0 Å². The van der Waals surface area contributed by atoms with Crippen molar-refractivity contribution in [2.75, 3.05) is 50.7 Å². The minimum atomic E-state index is -0.199. The smallest absolute Gasteiger partial charge is 0.252 e. The molecule has 6 aliphatic heterocycles. The summed E-state index contributed by atoms with van der Waals surface area (Å²) in [4.78, 5) is 32.3. The number of nitrogens with zero attached hydrogens (tertiary/aromatic N) is 9. The van der Waals surface area contributed by atoms with Crippen molar-refractivity contribution in [2.45, 2.75) is 41.5 Å². The molecule has 558 valence electrons. The summed E-state index contributed by atoms with van der Waals surface area (Å²) in [6, 6.07) is 114. The Balaban J connectivity index is 0.792. The van der Waals surface area contributed by atoms with Crippen molar-refractivity contribution in [3.8, 4) is 51.4 Å². The van der Waals surface area contributed by atoms with Crippen LogP contribution in [0.5, 0.6) is 17.2 Å². The number of fused-ring (bicyclic) bond motifs is 12. The minimum Gasteiger partial charge on any atom is -0.497 e. The molecule has 0 saturated carbocycles. The highest BCUT2D eigenvalue weighted by Crippen LogP contribution is 2.50. The summed E-state index contributed by atoms with van der Waals surface area (Å²) in [6.45, 7) is 12.5. The number of hydrogen-bond donors (Lipinski definition) is 0. The van der Waals surface area contributed by atoms with E-state index in [4.69, 9.17) is 29.2 Å². The third kappa shape index (κ3) is 11.0. The normalized spacial score (nSPS) is 13.4. The van der Waals surface area contributed by atoms with Crippen LogP contribution in [0.1, 0.15) is 33.4 Å². The highest BCUT2D eigenvalue weighted by Gasteiger charge is 2.48. The Morgan fingerprint density at radius 1 is 0.205 bits per heavy atom. The largest absolute Gasteiger partial charge is 0.497 e. The van der Waals surface area contributed by atoms with Crippen molar-refractivity contribution in [2.24, 2.45) is 0 Å². The van der Waals surface area contributed by atoms with Gasteiger partial charge in [-0.25, -0.2) is 15.0 Å². The molecule has 15 aromatic carbocycles. The standard InChI is InChI=1S/C102H78B3N9O3/c1-61-19-31-70(32-20-61)109-85-49-25-64(4)55-79(85)103-82-58-67(28-52-88(82)112(73-37-43-76(115-7)44-38-73)94-16-10-13-91(109)97(94)103)100-106-101(68-29-53-89-83(59-68)104-80-56-65(5)26-50-86(80)110(71-33-21-62(2)22-34-71)92-14-11-17-95(98(92)104)113(89)74-39-45-77(116-8)46-40-74)108-102(107-100)69-30-54-90-84(60-69)105-81-57-66(6)27-51-87(81)111(72-35-23-63(3)24-36-72)93-15-12-18-96(99(93)105)114(90)75-41-47-78(117-9)48-42-75/h10-60H,1-9H3. The van der Waals surface area contributed by atoms with Gasteiger partial charge in [-0.05, 0) is 291 Å². The van der Waals surface area contributed by atoms with Gasteiger partial charge in [0.2, 0.25) is 0 Å². The molecule has 117 heavy (non-hydrogen) atoms. The molecule has 15 heteroatoms. The van der Waals surface area contributed by atoms with E-state index in [1.807, 2.05) is 0 Å². The first-order chi connectivity index (χ1) is 57.3. The first-order valence-electron chi connectivity index (χ1n) is 40.1. The molecule has 0 unspecified atom stereocenters. The van der Waals surface area contributed by atoms with E-state index in [1.54, 1.807) is 21.3 Å². The predicted molar refractivity (Wildman–Crippen MR) is 486 cm³/mol. The molecule has 0 fully saturated rings. The molecule has 0 aliphatic carbocycles. The Hall–Kier alpha value is -14.3. The van der Waals surface area contributed by atoms with Gasteiger partial charge in [0.25, 0.3) is 20.1 Å². The fraction of sp³-hybridized carbons (Fsp3) is 0.0882. The van der Waals surface area contributed by atoms with E-state index in [0.29, 0.717) is 17.5 Å². The van der Waals surface area contributed by atoms with Gasteiger partial charge in [-0.2, -0.15) is 0 Å². The van der Waals surface area contributed by atoms with Crippen LogP contribution in [0.4, 0.5) is 102 Å². The van der Waals surface area contributed by atoms with Crippen LogP contribution in [0.3, 0.4) is 0 Å². The molecule has 6 aliphatic rings. The van der Waals surface area contributed by atoms with Crippen molar-refractivity contribution in [3.63, 3.8) is 0 Å². The van der Waals surface area contributed by atoms with Gasteiger partial charge >= 0.3 is 0 Å². The summed E-state index contributed by atoms with van der Waals surface area (Å²) in [7, 11) is 5.17. The van der Waals surface area contributed by atoms with Crippen molar-refractivity contribution in [1.29, 1.82) is 0 Å². The number of rotatable bonds is 12. The summed E-state index contributed by atoms with van der Waals surface area (Å²) in [5.74, 6) is 4.00. The summed E-state index contributed by atoms with van der Waals surface area (Å²) >= 11 is 0. The molecule has 1 aromatic heterocycles. The second-order valence-electron chi connectivity index (χ2n) is 31.9. The van der Waals surface area contributed by atoms with Gasteiger partial charge in [-0.15, -0.1) is 0 Å². The van der Waals surface area contributed by atoms with E-state index in [-0.39, 0.29) is 20.1 Å². The highest BCUT2D eigenvalue weighted by molar-refractivity contribution is 7.02. The van der Waals surface area contributed by atoms with Crippen LogP contribution in [-0.2, 0) is 0 Å². The van der Waals surface area contributed by atoms with Crippen molar-refractivity contribution < 1.29 is 14.2 Å². The van der Waals surface area contributed by atoms with Crippen LogP contribution >= 0.6 is 0 Å². The fourth-order valence-electron chi connectivity index (χ4n) is 19.3. The number of hydrogen-bond acceptors (Lipinski definition) is 12. The number of aromatic nitrogens is 3. The Bertz CT molecular complexity index is 6130. The fourth-order valence-corrected chi connectivity index (χ4v) is 19.3. The third-order valence-electron chi connectivity index (χ3n) is 24.7. The quantitative estimate of drug-likeness (QED) is 0.109. The molecule has 0 atom stereocenters. The van der Waals surface area contributed by atoms with Crippen molar-refractivity contribution in [3.05, 3.63) is 343 Å². The number of benzene rings is 15. The third-order valence-corrected chi connectivity index (χ3v) is 24.7. The first kappa shape index (κ1) is 69.4. The topological polar surface area (TPSA) is 85.8 Å². The lowest BCUT2D eigenvalue weighted by Gasteiger charge is -2.44. The molecule has 12 nitrogen and oxygen atoms in total. The Morgan fingerprint density at radius 3 is 0.624 bits per heavy atom. The van der Waals surface area contributed by atoms with E-state index in [0.717, 1.165) is 153 Å². The van der Waals surface area contributed by atoms with Gasteiger partial charge in [0, 0.05) is 119 Å². The molecular weight excluding hydrogens is 1430 g/mol. The van der Waals surface area contributed by atoms with Crippen LogP contribution in [0.25, 0.3) is 34.2 Å². The van der Waals surface area contributed by atoms with Gasteiger partial charge in [-0.1, -0.05) is 143 Å². The van der Waals surface area contributed by atoms with E-state index in [1.165, 1.54) is 66.2 Å². The molecular formula is C102H78B3N9O3. The zero-order chi connectivity index (χ0) is 78.7.